The van der Waals surface area contributed by atoms with E-state index in [1.165, 1.54) is 6.92 Å². The Morgan fingerprint density at radius 2 is 1.90 bits per heavy atom. The van der Waals surface area contributed by atoms with E-state index in [1.54, 1.807) is 0 Å². The first kappa shape index (κ1) is 9.50. The van der Waals surface area contributed by atoms with E-state index in [-0.39, 0.29) is 12.2 Å². The number of Topliss-reactive ketones (excluding diaryl/α,β-unsaturated/α-hetero) is 2. The number of hydrogen-bond acceptors (Lipinski definition) is 4. The fourth-order valence-corrected chi connectivity index (χ4v) is 0.573. The van der Waals surface area contributed by atoms with E-state index in [2.05, 4.69) is 3.39 Å². The molecule has 5 heteroatoms. The van der Waals surface area contributed by atoms with E-state index in [9.17, 15) is 14.4 Å². The average molecular weight is 225 g/mol. The number of hydrogen-bond donors (Lipinski definition) is 0. The third-order valence-electron chi connectivity index (χ3n) is 0.713. The average Bonchev–Trinajstić information content (AvgIpc) is 1.85. The van der Waals surface area contributed by atoms with Gasteiger partial charge in [0.25, 0.3) is 0 Å². The summed E-state index contributed by atoms with van der Waals surface area (Å²) in [5.41, 5.74) is 0. The summed E-state index contributed by atoms with van der Waals surface area (Å²) in [6.45, 7) is 1.24. The van der Waals surface area contributed by atoms with Crippen LogP contribution in [0.3, 0.4) is 0 Å². The molecule has 0 aromatic rings. The van der Waals surface area contributed by atoms with Gasteiger partial charge in [0.05, 0.1) is 0 Å². The molecule has 0 heterocycles. The monoisotopic (exact) mass is 227 g/mol. The summed E-state index contributed by atoms with van der Waals surface area (Å²) in [4.78, 5) is 31.1. The first-order valence-electron chi connectivity index (χ1n) is 2.44. The molecule has 0 aliphatic rings. The fraction of sp³-hybridized carbons (Fsp3) is 0.400. The summed E-state index contributed by atoms with van der Waals surface area (Å²) in [5, 5.41) is 0. The number of ketones is 2. The third kappa shape index (κ3) is 3.51. The number of rotatable bonds is 3. The zero-order chi connectivity index (χ0) is 8.15. The first-order chi connectivity index (χ1) is 4.57. The van der Waals surface area contributed by atoms with Crippen LogP contribution in [0, 0.1) is 0 Å². The van der Waals surface area contributed by atoms with Crippen LogP contribution < -0.4 is 0 Å². The molecule has 0 bridgehead atoms. The second-order valence-corrected chi connectivity index (χ2v) is 2.08. The van der Waals surface area contributed by atoms with Crippen LogP contribution in [0.2, 0.25) is 0 Å². The topological polar surface area (TPSA) is 60.4 Å². The SMILES string of the molecule is CC(=O)CC(=O)C(=O)[O][Mo]. The van der Waals surface area contributed by atoms with Crippen LogP contribution in [0.15, 0.2) is 0 Å². The van der Waals surface area contributed by atoms with Crippen molar-refractivity contribution >= 4 is 17.5 Å². The predicted octanol–water partition coefficient (Wildman–Crippen LogP) is -0.460. The molecule has 10 heavy (non-hydrogen) atoms. The van der Waals surface area contributed by atoms with Crippen molar-refractivity contribution in [1.29, 1.82) is 0 Å². The maximum absolute atomic E-state index is 10.5. The Bertz CT molecular complexity index is 174. The Morgan fingerprint density at radius 1 is 1.40 bits per heavy atom. The number of carbonyl (C=O) groups excluding carboxylic acids is 3. The summed E-state index contributed by atoms with van der Waals surface area (Å²) in [7, 11) is 0. The standard InChI is InChI=1S/C5H6O4.Mo/c1-3(6)2-4(7)5(8)9;/h2H2,1H3,(H,8,9);/q;+1/p-1. The van der Waals surface area contributed by atoms with E-state index in [4.69, 9.17) is 0 Å². The van der Waals surface area contributed by atoms with Gasteiger partial charge in [-0.05, 0) is 0 Å². The van der Waals surface area contributed by atoms with Gasteiger partial charge in [-0.25, -0.2) is 0 Å². The second kappa shape index (κ2) is 4.34. The van der Waals surface area contributed by atoms with Gasteiger partial charge < -0.3 is 0 Å². The number of carbonyl (C=O) groups is 3. The minimum atomic E-state index is -0.958. The minimum absolute atomic E-state index is 0.336. The molecule has 0 aromatic carbocycles. The van der Waals surface area contributed by atoms with Crippen LogP contribution in [0.5, 0.6) is 0 Å². The molecule has 0 radical (unpaired) electrons. The van der Waals surface area contributed by atoms with Crippen molar-refractivity contribution in [2.45, 2.75) is 13.3 Å². The summed E-state index contributed by atoms with van der Waals surface area (Å²) in [5.74, 6) is -2.09. The van der Waals surface area contributed by atoms with Gasteiger partial charge in [0, 0.05) is 0 Å². The molecule has 0 amide bonds. The van der Waals surface area contributed by atoms with Crippen molar-refractivity contribution in [3.63, 3.8) is 0 Å². The van der Waals surface area contributed by atoms with Gasteiger partial charge in [-0.3, -0.25) is 0 Å². The maximum atomic E-state index is 10.5. The first-order valence-corrected chi connectivity index (χ1v) is 3.26. The predicted molar refractivity (Wildman–Crippen MR) is 26.4 cm³/mol. The van der Waals surface area contributed by atoms with Crippen molar-refractivity contribution in [2.75, 3.05) is 0 Å². The molecule has 4 nitrogen and oxygen atoms in total. The molecule has 0 unspecified atom stereocenters. The Labute approximate surface area is 69.3 Å². The zero-order valence-electron chi connectivity index (χ0n) is 5.25. The molecule has 0 atom stereocenters. The zero-order valence-corrected chi connectivity index (χ0v) is 7.26. The summed E-state index contributed by atoms with van der Waals surface area (Å²) >= 11 is 1.03. The van der Waals surface area contributed by atoms with Gasteiger partial charge in [-0.2, -0.15) is 0 Å². The third-order valence-corrected chi connectivity index (χ3v) is 1.08. The van der Waals surface area contributed by atoms with E-state index < -0.39 is 11.8 Å². The van der Waals surface area contributed by atoms with Crippen LogP contribution in [0.1, 0.15) is 13.3 Å². The van der Waals surface area contributed by atoms with Crippen molar-refractivity contribution in [1.82, 2.24) is 0 Å². The molecule has 0 spiro atoms. The van der Waals surface area contributed by atoms with Gasteiger partial charge in [0.1, 0.15) is 0 Å². The van der Waals surface area contributed by atoms with E-state index in [0.29, 0.717) is 0 Å². The Kier molecular flexibility index (Phi) is 4.12. The molecular weight excluding hydrogens is 220 g/mol. The Hall–Kier alpha value is -0.502. The van der Waals surface area contributed by atoms with Crippen LogP contribution >= 0.6 is 0 Å². The molecule has 0 N–H and O–H groups in total. The van der Waals surface area contributed by atoms with Gasteiger partial charge in [-0.1, -0.05) is 0 Å². The normalized spacial score (nSPS) is 8.50. The Balaban J connectivity index is 3.86. The van der Waals surface area contributed by atoms with Gasteiger partial charge >= 0.3 is 68.8 Å². The molecule has 0 saturated carbocycles. The van der Waals surface area contributed by atoms with Gasteiger partial charge in [0.2, 0.25) is 0 Å². The van der Waals surface area contributed by atoms with E-state index in [0.717, 1.165) is 20.2 Å². The van der Waals surface area contributed by atoms with E-state index >= 15 is 0 Å². The summed E-state index contributed by atoms with van der Waals surface area (Å²) < 4.78 is 4.08. The second-order valence-electron chi connectivity index (χ2n) is 1.67. The van der Waals surface area contributed by atoms with Crippen molar-refractivity contribution in [2.24, 2.45) is 0 Å². The van der Waals surface area contributed by atoms with Crippen molar-refractivity contribution < 1.29 is 38.0 Å². The Morgan fingerprint density at radius 3 is 2.20 bits per heavy atom. The molecule has 0 aliphatic carbocycles. The van der Waals surface area contributed by atoms with Crippen LogP contribution in [-0.2, 0) is 38.0 Å². The van der Waals surface area contributed by atoms with Crippen LogP contribution in [0.4, 0.5) is 0 Å². The molecular formula is C5H5MoO4. The molecule has 55 valence electrons. The molecule has 0 rings (SSSR count). The molecule has 0 aromatic heterocycles. The fourth-order valence-electron chi connectivity index (χ4n) is 0.345. The molecule has 0 saturated heterocycles. The van der Waals surface area contributed by atoms with Crippen molar-refractivity contribution in [3.8, 4) is 0 Å². The summed E-state index contributed by atoms with van der Waals surface area (Å²) in [6.07, 6.45) is -0.367. The molecule has 0 fully saturated rings. The quantitative estimate of drug-likeness (QED) is 0.370. The summed E-state index contributed by atoms with van der Waals surface area (Å²) in [6, 6.07) is 0. The van der Waals surface area contributed by atoms with Crippen LogP contribution in [-0.4, -0.2) is 17.5 Å². The van der Waals surface area contributed by atoms with Crippen molar-refractivity contribution in [3.05, 3.63) is 0 Å². The van der Waals surface area contributed by atoms with E-state index in [1.807, 2.05) is 0 Å². The van der Waals surface area contributed by atoms with Gasteiger partial charge in [-0.15, -0.1) is 0 Å². The van der Waals surface area contributed by atoms with Crippen LogP contribution in [0.25, 0.3) is 0 Å². The van der Waals surface area contributed by atoms with Gasteiger partial charge in [0.15, 0.2) is 0 Å². The molecule has 0 aliphatic heterocycles.